The summed E-state index contributed by atoms with van der Waals surface area (Å²) in [6.07, 6.45) is 3.69. The third-order valence-electron chi connectivity index (χ3n) is 3.77. The molecule has 3 nitrogen and oxygen atoms in total. The lowest BCUT2D eigenvalue weighted by Gasteiger charge is -2.33. The molecule has 2 aromatic rings. The Balaban J connectivity index is 1.95. The van der Waals surface area contributed by atoms with Gasteiger partial charge in [0, 0.05) is 23.8 Å². The van der Waals surface area contributed by atoms with Crippen LogP contribution in [0, 0.1) is 0 Å². The van der Waals surface area contributed by atoms with E-state index in [4.69, 9.17) is 4.42 Å². The van der Waals surface area contributed by atoms with Crippen molar-refractivity contribution in [1.82, 2.24) is 4.31 Å². The second-order valence-electron chi connectivity index (χ2n) is 6.59. The van der Waals surface area contributed by atoms with Gasteiger partial charge in [-0.1, -0.05) is 6.07 Å². The first-order valence-electron chi connectivity index (χ1n) is 7.40. The normalized spacial score (nSPS) is 15.6. The Morgan fingerprint density at radius 1 is 1.29 bits per heavy atom. The summed E-state index contributed by atoms with van der Waals surface area (Å²) in [6, 6.07) is 8.58. The van der Waals surface area contributed by atoms with Gasteiger partial charge in [-0.2, -0.15) is 0 Å². The molecule has 0 aliphatic rings. The predicted octanol–water partition coefficient (Wildman–Crippen LogP) is 4.15. The van der Waals surface area contributed by atoms with Crippen molar-refractivity contribution in [3.63, 3.8) is 0 Å². The smallest absolute Gasteiger partial charge is 0.137 e. The summed E-state index contributed by atoms with van der Waals surface area (Å²) < 4.78 is 19.5. The van der Waals surface area contributed by atoms with Gasteiger partial charge in [-0.05, 0) is 64.3 Å². The standard InChI is InChI=1S/C17H25NO2S/c1-13(18(5)21(19)17(2,3)4)6-7-14-8-9-16-15(12-14)10-11-20-16/h8-13H,6-7H2,1-5H3/t13-,21?/m1/s1. The maximum absolute atomic E-state index is 12.4. The molecule has 0 amide bonds. The number of aryl methyl sites for hydroxylation is 1. The minimum Gasteiger partial charge on any atom is -0.598 e. The monoisotopic (exact) mass is 307 g/mol. The van der Waals surface area contributed by atoms with Gasteiger partial charge in [0.1, 0.15) is 10.3 Å². The molecule has 0 fully saturated rings. The fourth-order valence-corrected chi connectivity index (χ4v) is 3.62. The van der Waals surface area contributed by atoms with Gasteiger partial charge in [0.05, 0.1) is 12.3 Å². The largest absolute Gasteiger partial charge is 0.598 e. The number of hydrogen-bond acceptors (Lipinski definition) is 3. The molecule has 0 bridgehead atoms. The molecule has 1 aromatic heterocycles. The molecule has 0 radical (unpaired) electrons. The quantitative estimate of drug-likeness (QED) is 0.779. The minimum absolute atomic E-state index is 0.210. The number of benzene rings is 1. The van der Waals surface area contributed by atoms with Gasteiger partial charge in [-0.15, -0.1) is 4.31 Å². The predicted molar refractivity (Wildman–Crippen MR) is 89.7 cm³/mol. The summed E-state index contributed by atoms with van der Waals surface area (Å²) in [6.45, 7) is 8.18. The van der Waals surface area contributed by atoms with Crippen LogP contribution in [0.3, 0.4) is 0 Å². The fraction of sp³-hybridized carbons (Fsp3) is 0.529. The van der Waals surface area contributed by atoms with Crippen LogP contribution in [0.4, 0.5) is 0 Å². The van der Waals surface area contributed by atoms with E-state index < -0.39 is 11.4 Å². The summed E-state index contributed by atoms with van der Waals surface area (Å²) in [7, 11) is 1.95. The van der Waals surface area contributed by atoms with Gasteiger partial charge in [0.2, 0.25) is 0 Å². The van der Waals surface area contributed by atoms with Crippen molar-refractivity contribution in [2.24, 2.45) is 0 Å². The Morgan fingerprint density at radius 3 is 2.67 bits per heavy atom. The van der Waals surface area contributed by atoms with Crippen LogP contribution in [0.25, 0.3) is 11.0 Å². The lowest BCUT2D eigenvalue weighted by atomic mass is 10.0. The summed E-state index contributed by atoms with van der Waals surface area (Å²) in [4.78, 5) is 0. The van der Waals surface area contributed by atoms with Gasteiger partial charge >= 0.3 is 0 Å². The highest BCUT2D eigenvalue weighted by molar-refractivity contribution is 7.90. The third kappa shape index (κ3) is 4.02. The zero-order chi connectivity index (χ0) is 15.6. The zero-order valence-electron chi connectivity index (χ0n) is 13.6. The first-order valence-corrected chi connectivity index (χ1v) is 8.50. The van der Waals surface area contributed by atoms with Crippen LogP contribution in [0.2, 0.25) is 0 Å². The molecule has 0 spiro atoms. The number of furan rings is 1. The number of hydrogen-bond donors (Lipinski definition) is 0. The van der Waals surface area contributed by atoms with Crippen molar-refractivity contribution in [3.05, 3.63) is 36.1 Å². The molecule has 2 atom stereocenters. The molecule has 1 aromatic carbocycles. The Labute approximate surface area is 130 Å². The van der Waals surface area contributed by atoms with Crippen LogP contribution < -0.4 is 0 Å². The third-order valence-corrected chi connectivity index (χ3v) is 5.70. The molecule has 2 rings (SSSR count). The fourth-order valence-electron chi connectivity index (χ4n) is 2.32. The lowest BCUT2D eigenvalue weighted by Crippen LogP contribution is -2.45. The Hall–Kier alpha value is -0.970. The van der Waals surface area contributed by atoms with Crippen LogP contribution in [0.1, 0.15) is 39.7 Å². The van der Waals surface area contributed by atoms with E-state index in [1.54, 1.807) is 6.26 Å². The molecular weight excluding hydrogens is 282 g/mol. The van der Waals surface area contributed by atoms with Crippen LogP contribution in [0.5, 0.6) is 0 Å². The van der Waals surface area contributed by atoms with E-state index in [1.165, 1.54) is 5.56 Å². The average molecular weight is 307 g/mol. The van der Waals surface area contributed by atoms with Gasteiger partial charge in [0.25, 0.3) is 0 Å². The molecule has 4 heteroatoms. The van der Waals surface area contributed by atoms with Crippen LogP contribution in [-0.2, 0) is 17.8 Å². The molecule has 116 valence electrons. The molecule has 0 aliphatic heterocycles. The summed E-state index contributed by atoms with van der Waals surface area (Å²) in [5.41, 5.74) is 2.23. The minimum atomic E-state index is -0.968. The van der Waals surface area contributed by atoms with Crippen LogP contribution >= 0.6 is 0 Å². The lowest BCUT2D eigenvalue weighted by molar-refractivity contribution is 0.359. The first kappa shape index (κ1) is 16.4. The maximum atomic E-state index is 12.4. The second kappa shape index (κ2) is 6.42. The topological polar surface area (TPSA) is 39.4 Å². The van der Waals surface area contributed by atoms with E-state index in [2.05, 4.69) is 19.1 Å². The van der Waals surface area contributed by atoms with Crippen molar-refractivity contribution >= 4 is 22.3 Å². The van der Waals surface area contributed by atoms with E-state index in [0.29, 0.717) is 0 Å². The van der Waals surface area contributed by atoms with Crippen LogP contribution in [-0.4, -0.2) is 26.7 Å². The summed E-state index contributed by atoms with van der Waals surface area (Å²) in [5.74, 6) is 0. The van der Waals surface area contributed by atoms with E-state index in [-0.39, 0.29) is 10.8 Å². The molecule has 0 saturated carbocycles. The number of fused-ring (bicyclic) bond motifs is 1. The van der Waals surface area contributed by atoms with Gasteiger partial charge < -0.3 is 8.97 Å². The van der Waals surface area contributed by atoms with E-state index in [1.807, 2.05) is 44.3 Å². The van der Waals surface area contributed by atoms with Crippen molar-refractivity contribution in [1.29, 1.82) is 0 Å². The summed E-state index contributed by atoms with van der Waals surface area (Å²) >= 11 is -0.968. The van der Waals surface area contributed by atoms with Crippen LogP contribution in [0.15, 0.2) is 34.9 Å². The van der Waals surface area contributed by atoms with Crippen molar-refractivity contribution in [2.75, 3.05) is 7.05 Å². The molecule has 0 N–H and O–H groups in total. The first-order chi connectivity index (χ1) is 9.79. The molecular formula is C17H25NO2S. The van der Waals surface area contributed by atoms with E-state index in [9.17, 15) is 4.55 Å². The second-order valence-corrected chi connectivity index (χ2v) is 8.89. The SMILES string of the molecule is C[C@H](CCc1ccc2occc2c1)N(C)[S+]([O-])C(C)(C)C. The van der Waals surface area contributed by atoms with Gasteiger partial charge in [-0.25, -0.2) is 0 Å². The maximum Gasteiger partial charge on any atom is 0.137 e. The highest BCUT2D eigenvalue weighted by atomic mass is 32.2. The Morgan fingerprint density at radius 2 is 2.00 bits per heavy atom. The average Bonchev–Trinajstić information content (AvgIpc) is 2.89. The van der Waals surface area contributed by atoms with Gasteiger partial charge in [-0.3, -0.25) is 0 Å². The molecule has 21 heavy (non-hydrogen) atoms. The molecule has 0 saturated heterocycles. The summed E-state index contributed by atoms with van der Waals surface area (Å²) in [5, 5.41) is 1.15. The van der Waals surface area contributed by atoms with Gasteiger partial charge in [0.15, 0.2) is 0 Å². The molecule has 0 aliphatic carbocycles. The molecule has 1 unspecified atom stereocenters. The van der Waals surface area contributed by atoms with Crippen molar-refractivity contribution < 1.29 is 8.97 Å². The van der Waals surface area contributed by atoms with E-state index >= 15 is 0 Å². The number of rotatable bonds is 5. The Kier molecular flexibility index (Phi) is 5.02. The number of nitrogens with zero attached hydrogens (tertiary/aromatic N) is 1. The molecule has 1 heterocycles. The zero-order valence-corrected chi connectivity index (χ0v) is 14.4. The van der Waals surface area contributed by atoms with Crippen molar-refractivity contribution in [3.8, 4) is 0 Å². The highest BCUT2D eigenvalue weighted by Crippen LogP contribution is 2.23. The Bertz CT molecular complexity index is 588. The highest BCUT2D eigenvalue weighted by Gasteiger charge is 2.33. The van der Waals surface area contributed by atoms with Crippen molar-refractivity contribution in [2.45, 2.75) is 51.3 Å². The van der Waals surface area contributed by atoms with E-state index in [0.717, 1.165) is 23.8 Å².